The topological polar surface area (TPSA) is 67.6 Å². The van der Waals surface area contributed by atoms with E-state index < -0.39 is 23.5 Å². The Hall–Kier alpha value is -3.24. The van der Waals surface area contributed by atoms with E-state index in [2.05, 4.69) is 10.3 Å². The van der Waals surface area contributed by atoms with Crippen molar-refractivity contribution in [2.75, 3.05) is 13.2 Å². The highest BCUT2D eigenvalue weighted by Gasteiger charge is 2.33. The summed E-state index contributed by atoms with van der Waals surface area (Å²) in [7, 11) is 0. The zero-order valence-corrected chi connectivity index (χ0v) is 18.9. The van der Waals surface area contributed by atoms with Gasteiger partial charge in [0.2, 0.25) is 5.89 Å². The van der Waals surface area contributed by atoms with Crippen molar-refractivity contribution in [2.24, 2.45) is 0 Å². The standard InChI is InChI=1S/C25H25F4N3O3/c26-19-9-7-17(8-10-19)13-32(14-18-4-1-2-6-21(18)25(27,28)29)15-23-31-22(16-35-23)24(33)30-12-20-5-3-11-34-20/h1-2,4,6-10,16,20H,3,5,11-15H2,(H,30,33)/t20-/m1/s1. The van der Waals surface area contributed by atoms with Gasteiger partial charge in [-0.15, -0.1) is 0 Å². The number of hydrogen-bond acceptors (Lipinski definition) is 5. The summed E-state index contributed by atoms with van der Waals surface area (Å²) >= 11 is 0. The largest absolute Gasteiger partial charge is 0.447 e. The Kier molecular flexibility index (Phi) is 7.82. The summed E-state index contributed by atoms with van der Waals surface area (Å²) in [5.74, 6) is -0.643. The fourth-order valence-corrected chi connectivity index (χ4v) is 3.97. The van der Waals surface area contributed by atoms with Gasteiger partial charge in [-0.2, -0.15) is 13.2 Å². The molecule has 0 bridgehead atoms. The minimum Gasteiger partial charge on any atom is -0.447 e. The Balaban J connectivity index is 1.49. The van der Waals surface area contributed by atoms with Gasteiger partial charge in [-0.05, 0) is 42.2 Å². The van der Waals surface area contributed by atoms with Crippen LogP contribution in [0.4, 0.5) is 17.6 Å². The predicted octanol–water partition coefficient (Wildman–Crippen LogP) is 4.94. The summed E-state index contributed by atoms with van der Waals surface area (Å²) in [5.41, 5.74) is 0.140. The molecule has 1 aliphatic heterocycles. The average molecular weight is 491 g/mol. The number of alkyl halides is 3. The molecule has 1 aliphatic rings. The van der Waals surface area contributed by atoms with Gasteiger partial charge in [0.05, 0.1) is 18.2 Å². The third kappa shape index (κ3) is 6.89. The molecule has 1 atom stereocenters. The van der Waals surface area contributed by atoms with Crippen molar-refractivity contribution in [3.63, 3.8) is 0 Å². The second-order valence-electron chi connectivity index (χ2n) is 8.40. The summed E-state index contributed by atoms with van der Waals surface area (Å²) in [4.78, 5) is 18.3. The minimum absolute atomic E-state index is 0.0229. The quantitative estimate of drug-likeness (QED) is 0.430. The van der Waals surface area contributed by atoms with Crippen molar-refractivity contribution in [1.29, 1.82) is 0 Å². The normalized spacial score (nSPS) is 16.1. The molecule has 0 radical (unpaired) electrons. The third-order valence-electron chi connectivity index (χ3n) is 5.69. The number of aromatic nitrogens is 1. The van der Waals surface area contributed by atoms with E-state index in [1.165, 1.54) is 30.5 Å². The van der Waals surface area contributed by atoms with Crippen LogP contribution in [-0.2, 0) is 30.5 Å². The van der Waals surface area contributed by atoms with Gasteiger partial charge in [0.1, 0.15) is 12.1 Å². The average Bonchev–Trinajstić information content (AvgIpc) is 3.51. The summed E-state index contributed by atoms with van der Waals surface area (Å²) in [6, 6.07) is 11.0. The van der Waals surface area contributed by atoms with Crippen LogP contribution in [0.3, 0.4) is 0 Å². The number of rotatable bonds is 9. The molecule has 35 heavy (non-hydrogen) atoms. The summed E-state index contributed by atoms with van der Waals surface area (Å²) in [6.45, 7) is 1.25. The summed E-state index contributed by atoms with van der Waals surface area (Å²) in [6.07, 6.45) is -1.47. The van der Waals surface area contributed by atoms with Crippen LogP contribution in [0.5, 0.6) is 0 Å². The van der Waals surface area contributed by atoms with Crippen molar-refractivity contribution in [1.82, 2.24) is 15.2 Å². The third-order valence-corrected chi connectivity index (χ3v) is 5.69. The maximum Gasteiger partial charge on any atom is 0.416 e. The Morgan fingerprint density at radius 3 is 2.57 bits per heavy atom. The van der Waals surface area contributed by atoms with Crippen LogP contribution in [0.25, 0.3) is 0 Å². The lowest BCUT2D eigenvalue weighted by Gasteiger charge is -2.23. The molecule has 3 aromatic rings. The molecule has 0 unspecified atom stereocenters. The lowest BCUT2D eigenvalue weighted by Crippen LogP contribution is -2.32. The molecule has 2 heterocycles. The maximum atomic E-state index is 13.5. The zero-order chi connectivity index (χ0) is 24.8. The maximum absolute atomic E-state index is 13.5. The number of carbonyl (C=O) groups is 1. The predicted molar refractivity (Wildman–Crippen MR) is 119 cm³/mol. The molecule has 1 N–H and O–H groups in total. The van der Waals surface area contributed by atoms with E-state index in [0.29, 0.717) is 18.7 Å². The smallest absolute Gasteiger partial charge is 0.416 e. The van der Waals surface area contributed by atoms with Crippen LogP contribution < -0.4 is 5.32 Å². The van der Waals surface area contributed by atoms with E-state index in [0.717, 1.165) is 18.9 Å². The molecule has 1 saturated heterocycles. The Labute approximate surface area is 199 Å². The van der Waals surface area contributed by atoms with Crippen LogP contribution in [0.2, 0.25) is 0 Å². The number of nitrogens with one attached hydrogen (secondary N) is 1. The lowest BCUT2D eigenvalue weighted by molar-refractivity contribution is -0.138. The first-order valence-electron chi connectivity index (χ1n) is 11.2. The van der Waals surface area contributed by atoms with Crippen molar-refractivity contribution >= 4 is 5.91 Å². The summed E-state index contributed by atoms with van der Waals surface area (Å²) < 4.78 is 64.9. The number of carbonyl (C=O) groups excluding carboxylic acids is 1. The molecular formula is C25H25F4N3O3. The van der Waals surface area contributed by atoms with Crippen molar-refractivity contribution < 1.29 is 31.5 Å². The number of nitrogens with zero attached hydrogens (tertiary/aromatic N) is 2. The van der Waals surface area contributed by atoms with E-state index in [-0.39, 0.29) is 42.9 Å². The van der Waals surface area contributed by atoms with Crippen LogP contribution in [0.15, 0.2) is 59.2 Å². The number of hydrogen-bond donors (Lipinski definition) is 1. The molecule has 1 fully saturated rings. The van der Waals surface area contributed by atoms with Gasteiger partial charge < -0.3 is 14.5 Å². The van der Waals surface area contributed by atoms with Crippen molar-refractivity contribution in [3.05, 3.63) is 88.9 Å². The van der Waals surface area contributed by atoms with E-state index in [4.69, 9.17) is 9.15 Å². The van der Waals surface area contributed by atoms with Gasteiger partial charge in [0, 0.05) is 26.2 Å². The second-order valence-corrected chi connectivity index (χ2v) is 8.40. The Morgan fingerprint density at radius 1 is 1.09 bits per heavy atom. The van der Waals surface area contributed by atoms with Crippen molar-refractivity contribution in [3.8, 4) is 0 Å². The molecule has 10 heteroatoms. The highest BCUT2D eigenvalue weighted by molar-refractivity contribution is 5.91. The molecular weight excluding hydrogens is 466 g/mol. The number of ether oxygens (including phenoxy) is 1. The Bertz CT molecular complexity index is 1130. The molecule has 186 valence electrons. The molecule has 0 saturated carbocycles. The fourth-order valence-electron chi connectivity index (χ4n) is 3.97. The Morgan fingerprint density at radius 2 is 1.86 bits per heavy atom. The number of amides is 1. The van der Waals surface area contributed by atoms with E-state index in [9.17, 15) is 22.4 Å². The zero-order valence-electron chi connectivity index (χ0n) is 18.9. The first kappa shape index (κ1) is 24.9. The van der Waals surface area contributed by atoms with E-state index in [1.807, 2.05) is 0 Å². The first-order valence-corrected chi connectivity index (χ1v) is 11.2. The van der Waals surface area contributed by atoms with Gasteiger partial charge in [-0.25, -0.2) is 9.37 Å². The molecule has 4 rings (SSSR count). The van der Waals surface area contributed by atoms with Gasteiger partial charge in [-0.3, -0.25) is 9.69 Å². The van der Waals surface area contributed by atoms with Gasteiger partial charge in [-0.1, -0.05) is 30.3 Å². The molecule has 6 nitrogen and oxygen atoms in total. The van der Waals surface area contributed by atoms with Crippen LogP contribution in [-0.4, -0.2) is 35.0 Å². The first-order chi connectivity index (χ1) is 16.8. The number of oxazole rings is 1. The monoisotopic (exact) mass is 491 g/mol. The molecule has 1 amide bonds. The van der Waals surface area contributed by atoms with Gasteiger partial charge >= 0.3 is 6.18 Å². The second kappa shape index (κ2) is 11.0. The fraction of sp³-hybridized carbons (Fsp3) is 0.360. The van der Waals surface area contributed by atoms with Crippen LogP contribution >= 0.6 is 0 Å². The SMILES string of the molecule is O=C(NC[C@H]1CCCO1)c1coc(CN(Cc2ccc(F)cc2)Cc2ccccc2C(F)(F)F)n1. The molecule has 0 spiro atoms. The lowest BCUT2D eigenvalue weighted by atomic mass is 10.1. The van der Waals surface area contributed by atoms with E-state index in [1.54, 1.807) is 23.1 Å². The number of benzene rings is 2. The molecule has 0 aliphatic carbocycles. The molecule has 2 aromatic carbocycles. The highest BCUT2D eigenvalue weighted by atomic mass is 19.4. The van der Waals surface area contributed by atoms with Crippen molar-refractivity contribution in [2.45, 2.75) is 44.8 Å². The summed E-state index contributed by atoms with van der Waals surface area (Å²) in [5, 5.41) is 2.76. The number of halogens is 4. The van der Waals surface area contributed by atoms with Crippen LogP contribution in [0.1, 0.15) is 45.9 Å². The van der Waals surface area contributed by atoms with E-state index >= 15 is 0 Å². The minimum atomic E-state index is -4.50. The highest BCUT2D eigenvalue weighted by Crippen LogP contribution is 2.32. The van der Waals surface area contributed by atoms with Gasteiger partial charge in [0.25, 0.3) is 5.91 Å². The van der Waals surface area contributed by atoms with Gasteiger partial charge in [0.15, 0.2) is 5.69 Å². The van der Waals surface area contributed by atoms with Crippen LogP contribution in [0, 0.1) is 5.82 Å². The molecule has 1 aromatic heterocycles.